The number of fused-ring (bicyclic) bond motifs is 1. The second kappa shape index (κ2) is 10.5. The van der Waals surface area contributed by atoms with Gasteiger partial charge >= 0.3 is 11.9 Å². The molecule has 0 aliphatic heterocycles. The van der Waals surface area contributed by atoms with Crippen molar-refractivity contribution >= 4 is 40.3 Å². The second-order valence-electron chi connectivity index (χ2n) is 6.33. The number of carboxylic acids is 1. The number of thioether (sulfide) groups is 1. The average Bonchev–Trinajstić information content (AvgIpc) is 3.16. The van der Waals surface area contributed by atoms with Crippen LogP contribution in [-0.2, 0) is 4.79 Å². The highest BCUT2D eigenvalue weighted by Gasteiger charge is 2.15. The van der Waals surface area contributed by atoms with E-state index in [2.05, 4.69) is 16.9 Å². The number of aromatic nitrogens is 1. The summed E-state index contributed by atoms with van der Waals surface area (Å²) in [6.45, 7) is 6.72. The first-order valence-corrected chi connectivity index (χ1v) is 10.1. The first-order valence-electron chi connectivity index (χ1n) is 8.90. The topological polar surface area (TPSA) is 92.4 Å². The van der Waals surface area contributed by atoms with E-state index < -0.39 is 23.5 Å². The van der Waals surface area contributed by atoms with Crippen LogP contribution in [0.2, 0.25) is 0 Å². The summed E-state index contributed by atoms with van der Waals surface area (Å²) in [5.74, 6) is -3.41. The summed E-state index contributed by atoms with van der Waals surface area (Å²) in [5, 5.41) is 11.3. The lowest BCUT2D eigenvalue weighted by Crippen LogP contribution is -2.22. The Morgan fingerprint density at radius 1 is 1.19 bits per heavy atom. The van der Waals surface area contributed by atoms with E-state index >= 15 is 0 Å². The predicted octanol–water partition coefficient (Wildman–Crippen LogP) is 5.15. The summed E-state index contributed by atoms with van der Waals surface area (Å²) in [6.07, 6.45) is 2.56. The summed E-state index contributed by atoms with van der Waals surface area (Å²) < 4.78 is 31.3. The van der Waals surface area contributed by atoms with Gasteiger partial charge in [0.1, 0.15) is 5.52 Å². The first-order chi connectivity index (χ1) is 14.6. The Labute approximate surface area is 181 Å². The van der Waals surface area contributed by atoms with Crippen LogP contribution in [0.3, 0.4) is 0 Å². The van der Waals surface area contributed by atoms with Crippen LogP contribution in [0.1, 0.15) is 28.7 Å². The van der Waals surface area contributed by atoms with E-state index in [1.807, 2.05) is 0 Å². The summed E-state index contributed by atoms with van der Waals surface area (Å²) in [7, 11) is 0. The summed E-state index contributed by atoms with van der Waals surface area (Å²) >= 11 is 1.11. The highest BCUT2D eigenvalue weighted by molar-refractivity contribution is 8.02. The Morgan fingerprint density at radius 3 is 2.45 bits per heavy atom. The second-order valence-corrected chi connectivity index (χ2v) is 7.18. The highest BCUT2D eigenvalue weighted by Crippen LogP contribution is 2.20. The van der Waals surface area contributed by atoms with Crippen LogP contribution in [0.4, 0.5) is 8.78 Å². The molecule has 0 saturated carbocycles. The van der Waals surface area contributed by atoms with Gasteiger partial charge in [0, 0.05) is 5.56 Å². The Hall–Kier alpha value is -3.46. The number of benzene rings is 2. The molecule has 1 aromatic heterocycles. The molecule has 0 spiro atoms. The largest absolute Gasteiger partial charge is 0.478 e. The number of halogens is 2. The van der Waals surface area contributed by atoms with Gasteiger partial charge in [-0.3, -0.25) is 4.79 Å². The van der Waals surface area contributed by atoms with Gasteiger partial charge in [0.15, 0.2) is 17.2 Å². The Balaban J connectivity index is 0.000000245. The number of carbonyl (C=O) groups is 2. The van der Waals surface area contributed by atoms with Gasteiger partial charge in [0.2, 0.25) is 0 Å². The molecule has 0 atom stereocenters. The third kappa shape index (κ3) is 6.26. The van der Waals surface area contributed by atoms with Crippen molar-refractivity contribution in [2.24, 2.45) is 0 Å². The van der Waals surface area contributed by atoms with E-state index in [0.717, 1.165) is 17.8 Å². The minimum atomic E-state index is -1.14. The minimum Gasteiger partial charge on any atom is -0.478 e. The summed E-state index contributed by atoms with van der Waals surface area (Å²) in [5.41, 5.74) is 2.17. The fourth-order valence-corrected chi connectivity index (χ4v) is 2.78. The number of amides is 1. The maximum atomic E-state index is 13.1. The molecule has 0 aliphatic rings. The van der Waals surface area contributed by atoms with E-state index in [9.17, 15) is 18.4 Å². The number of allylic oxidation sites excluding steroid dienone is 1. The molecular formula is C22H20F2N2O4S. The number of oxazole rings is 1. The quantitative estimate of drug-likeness (QED) is 0.527. The van der Waals surface area contributed by atoms with Crippen LogP contribution in [-0.4, -0.2) is 28.2 Å². The van der Waals surface area contributed by atoms with Gasteiger partial charge in [0.25, 0.3) is 5.89 Å². The molecule has 9 heteroatoms. The van der Waals surface area contributed by atoms with Crippen molar-refractivity contribution in [3.8, 4) is 0 Å². The van der Waals surface area contributed by atoms with Crippen molar-refractivity contribution in [2.75, 3.05) is 6.26 Å². The number of aliphatic carboxylic acids is 1. The molecule has 3 rings (SSSR count). The van der Waals surface area contributed by atoms with Crippen LogP contribution in [0.5, 0.6) is 0 Å². The van der Waals surface area contributed by atoms with E-state index in [1.165, 1.54) is 13.0 Å². The molecule has 0 aliphatic carbocycles. The molecule has 6 nitrogen and oxygen atoms in total. The molecule has 0 fully saturated rings. The van der Waals surface area contributed by atoms with Crippen LogP contribution >= 0.6 is 11.8 Å². The third-order valence-electron chi connectivity index (χ3n) is 3.93. The van der Waals surface area contributed by atoms with Gasteiger partial charge in [-0.25, -0.2) is 18.6 Å². The molecule has 162 valence electrons. The zero-order valence-electron chi connectivity index (χ0n) is 17.0. The lowest BCUT2D eigenvalue weighted by atomic mass is 10.1. The first kappa shape index (κ1) is 23.8. The van der Waals surface area contributed by atoms with Crippen LogP contribution in [0.15, 0.2) is 58.5 Å². The monoisotopic (exact) mass is 446 g/mol. The molecular weight excluding hydrogens is 426 g/mol. The Bertz CT molecular complexity index is 1140. The van der Waals surface area contributed by atoms with Crippen LogP contribution < -0.4 is 5.32 Å². The average molecular weight is 446 g/mol. The predicted molar refractivity (Wildman–Crippen MR) is 117 cm³/mol. The van der Waals surface area contributed by atoms with Gasteiger partial charge in [-0.05, 0) is 43.4 Å². The maximum absolute atomic E-state index is 13.1. The lowest BCUT2D eigenvalue weighted by molar-refractivity contribution is -0.131. The number of para-hydroxylation sites is 2. The van der Waals surface area contributed by atoms with E-state index in [-0.39, 0.29) is 16.5 Å². The molecule has 3 aromatic rings. The van der Waals surface area contributed by atoms with Crippen molar-refractivity contribution in [2.45, 2.75) is 13.8 Å². The highest BCUT2D eigenvalue weighted by atomic mass is 32.2. The fourth-order valence-electron chi connectivity index (χ4n) is 2.37. The lowest BCUT2D eigenvalue weighted by Gasteiger charge is -2.04. The minimum absolute atomic E-state index is 0.105. The van der Waals surface area contributed by atoms with Crippen molar-refractivity contribution in [1.29, 1.82) is 0 Å². The molecule has 0 saturated heterocycles. The number of nitrogens with one attached hydrogen (secondary N) is 1. The fraction of sp³-hybridized carbons (Fsp3) is 0.136. The summed E-state index contributed by atoms with van der Waals surface area (Å²) in [6, 6.07) is 10.1. The Morgan fingerprint density at radius 2 is 1.87 bits per heavy atom. The van der Waals surface area contributed by atoms with Crippen molar-refractivity contribution in [3.63, 3.8) is 0 Å². The van der Waals surface area contributed by atoms with E-state index in [0.29, 0.717) is 22.2 Å². The van der Waals surface area contributed by atoms with Gasteiger partial charge in [-0.1, -0.05) is 30.8 Å². The number of hydrogen-bond acceptors (Lipinski definition) is 5. The van der Waals surface area contributed by atoms with Gasteiger partial charge in [0.05, 0.1) is 11.1 Å². The maximum Gasteiger partial charge on any atom is 0.330 e. The molecule has 0 bridgehead atoms. The number of rotatable bonds is 5. The van der Waals surface area contributed by atoms with Gasteiger partial charge < -0.3 is 14.8 Å². The molecule has 0 radical (unpaired) electrons. The molecule has 2 aromatic carbocycles. The number of carboxylic acid groups (broad SMARTS) is 1. The molecule has 31 heavy (non-hydrogen) atoms. The van der Waals surface area contributed by atoms with E-state index in [1.54, 1.807) is 43.5 Å². The third-order valence-corrected chi connectivity index (χ3v) is 4.59. The molecule has 0 unspecified atom stereocenters. The van der Waals surface area contributed by atoms with Gasteiger partial charge in [-0.15, -0.1) is 11.8 Å². The van der Waals surface area contributed by atoms with Crippen molar-refractivity contribution < 1.29 is 27.9 Å². The SMILES string of the molecule is C=C(C)c1ccc(C)c(F)c1F.CS/C(=C/C(=O)O)NC(=O)c1nc2ccccc2o1. The smallest absolute Gasteiger partial charge is 0.330 e. The molecule has 1 heterocycles. The zero-order chi connectivity index (χ0) is 23.1. The van der Waals surface area contributed by atoms with Crippen LogP contribution in [0.25, 0.3) is 16.7 Å². The summed E-state index contributed by atoms with van der Waals surface area (Å²) in [4.78, 5) is 26.4. The van der Waals surface area contributed by atoms with Gasteiger partial charge in [-0.2, -0.15) is 0 Å². The van der Waals surface area contributed by atoms with Crippen molar-refractivity contribution in [1.82, 2.24) is 10.3 Å². The number of aryl methyl sites for hydroxylation is 1. The number of nitrogens with zero attached hydrogens (tertiary/aromatic N) is 1. The number of hydrogen-bond donors (Lipinski definition) is 2. The van der Waals surface area contributed by atoms with E-state index in [4.69, 9.17) is 9.52 Å². The van der Waals surface area contributed by atoms with Crippen molar-refractivity contribution in [3.05, 3.63) is 82.7 Å². The number of carbonyl (C=O) groups excluding carboxylic acids is 1. The zero-order valence-corrected chi connectivity index (χ0v) is 17.8. The van der Waals surface area contributed by atoms with Crippen LogP contribution in [0, 0.1) is 18.6 Å². The molecule has 2 N–H and O–H groups in total. The Kier molecular flexibility index (Phi) is 8.09. The normalized spacial score (nSPS) is 10.9. The standard InChI is InChI=1S/C12H10N2O4S.C10H10F2/c1-19-9(6-10(15)16)14-11(17)12-13-7-4-2-3-5-8(7)18-12;1-6(2)8-5-4-7(3)9(11)10(8)12/h2-6H,1H3,(H,14,17)(H,15,16);4-5H,1H2,2-3H3/b9-6+;. The molecule has 1 amide bonds.